The van der Waals surface area contributed by atoms with Crippen molar-refractivity contribution in [3.05, 3.63) is 52.0 Å². The van der Waals surface area contributed by atoms with E-state index in [1.54, 1.807) is 48.4 Å². The first kappa shape index (κ1) is 19.6. The molecule has 0 saturated carbocycles. The quantitative estimate of drug-likeness (QED) is 0.798. The molecule has 27 heavy (non-hydrogen) atoms. The molecule has 0 bridgehead atoms. The smallest absolute Gasteiger partial charge is 0.322 e. The number of ether oxygens (including phenoxy) is 3. The lowest BCUT2D eigenvalue weighted by Crippen LogP contribution is -2.44. The third-order valence-electron chi connectivity index (χ3n) is 4.26. The summed E-state index contributed by atoms with van der Waals surface area (Å²) in [5.74, 6) is 1.17. The number of carbonyl (C=O) groups is 1. The molecule has 1 aliphatic rings. The summed E-state index contributed by atoms with van der Waals surface area (Å²) in [4.78, 5) is 14.4. The summed E-state index contributed by atoms with van der Waals surface area (Å²) in [7, 11) is 3.11. The molecular weight excluding hydrogens is 391 g/mol. The average molecular weight is 411 g/mol. The van der Waals surface area contributed by atoms with Crippen molar-refractivity contribution in [2.24, 2.45) is 0 Å². The van der Waals surface area contributed by atoms with Crippen LogP contribution in [-0.4, -0.2) is 44.8 Å². The largest absolute Gasteiger partial charge is 0.497 e. The molecule has 2 amide bonds. The van der Waals surface area contributed by atoms with Crippen LogP contribution in [0, 0.1) is 0 Å². The van der Waals surface area contributed by atoms with Gasteiger partial charge in [0.1, 0.15) is 17.6 Å². The number of carbonyl (C=O) groups excluding carboxylic acids is 1. The van der Waals surface area contributed by atoms with Gasteiger partial charge in [-0.1, -0.05) is 23.2 Å². The van der Waals surface area contributed by atoms with Crippen molar-refractivity contribution in [1.29, 1.82) is 0 Å². The van der Waals surface area contributed by atoms with E-state index in [9.17, 15) is 4.79 Å². The minimum Gasteiger partial charge on any atom is -0.497 e. The Morgan fingerprint density at radius 1 is 1.15 bits per heavy atom. The fourth-order valence-electron chi connectivity index (χ4n) is 2.89. The summed E-state index contributed by atoms with van der Waals surface area (Å²) in [5, 5.41) is 3.94. The van der Waals surface area contributed by atoms with Crippen LogP contribution in [0.2, 0.25) is 10.0 Å². The van der Waals surface area contributed by atoms with E-state index >= 15 is 0 Å². The van der Waals surface area contributed by atoms with E-state index in [1.807, 2.05) is 0 Å². The number of hydrogen-bond acceptors (Lipinski definition) is 4. The molecule has 8 heteroatoms. The number of benzene rings is 2. The van der Waals surface area contributed by atoms with Gasteiger partial charge in [0, 0.05) is 22.7 Å². The maximum absolute atomic E-state index is 12.7. The van der Waals surface area contributed by atoms with Crippen LogP contribution in [0.1, 0.15) is 11.7 Å². The maximum Gasteiger partial charge on any atom is 0.322 e. The highest BCUT2D eigenvalue weighted by molar-refractivity contribution is 6.34. The van der Waals surface area contributed by atoms with Crippen molar-refractivity contribution >= 4 is 34.9 Å². The highest BCUT2D eigenvalue weighted by atomic mass is 35.5. The lowest BCUT2D eigenvalue weighted by atomic mass is 10.1. The first-order valence-corrected chi connectivity index (χ1v) is 9.11. The van der Waals surface area contributed by atoms with Gasteiger partial charge in [0.05, 0.1) is 33.1 Å². The van der Waals surface area contributed by atoms with Crippen LogP contribution in [0.15, 0.2) is 36.4 Å². The van der Waals surface area contributed by atoms with E-state index < -0.39 is 0 Å². The highest BCUT2D eigenvalue weighted by Gasteiger charge is 2.26. The molecular formula is C19H20Cl2N2O4. The number of methoxy groups -OCH3 is 2. The Kier molecular flexibility index (Phi) is 6.31. The highest BCUT2D eigenvalue weighted by Crippen LogP contribution is 2.31. The zero-order chi connectivity index (χ0) is 19.4. The Morgan fingerprint density at radius 2 is 1.89 bits per heavy atom. The van der Waals surface area contributed by atoms with E-state index in [2.05, 4.69) is 5.32 Å². The third-order valence-corrected chi connectivity index (χ3v) is 4.70. The molecule has 1 saturated heterocycles. The van der Waals surface area contributed by atoms with Gasteiger partial charge in [0.25, 0.3) is 0 Å². The third kappa shape index (κ3) is 4.77. The molecule has 0 aliphatic carbocycles. The van der Waals surface area contributed by atoms with Crippen molar-refractivity contribution in [3.63, 3.8) is 0 Å². The minimum absolute atomic E-state index is 0.236. The van der Waals surface area contributed by atoms with Crippen molar-refractivity contribution in [1.82, 2.24) is 4.90 Å². The normalized spacial score (nSPS) is 16.7. The molecule has 0 aromatic heterocycles. The van der Waals surface area contributed by atoms with E-state index in [1.165, 1.54) is 7.11 Å². The van der Waals surface area contributed by atoms with Gasteiger partial charge in [-0.3, -0.25) is 0 Å². The maximum atomic E-state index is 12.7. The van der Waals surface area contributed by atoms with Crippen molar-refractivity contribution in [3.8, 4) is 11.5 Å². The van der Waals surface area contributed by atoms with Gasteiger partial charge in [0.2, 0.25) is 0 Å². The second-order valence-corrected chi connectivity index (χ2v) is 6.88. The standard InChI is InChI=1S/C19H20Cl2N2O4/c1-25-15-3-4-16(17(10-15)26-2)22-19(24)23-5-6-27-18(11-23)12-7-13(20)9-14(21)8-12/h3-4,7-10,18H,5-6,11H2,1-2H3,(H,22,24). The molecule has 2 aromatic rings. The summed E-state index contributed by atoms with van der Waals surface area (Å²) in [5.41, 5.74) is 1.41. The number of nitrogens with zero attached hydrogens (tertiary/aromatic N) is 1. The molecule has 1 unspecified atom stereocenters. The van der Waals surface area contributed by atoms with Crippen molar-refractivity contribution < 1.29 is 19.0 Å². The van der Waals surface area contributed by atoms with Gasteiger partial charge >= 0.3 is 6.03 Å². The van der Waals surface area contributed by atoms with E-state index in [0.717, 1.165) is 5.56 Å². The molecule has 144 valence electrons. The summed E-state index contributed by atoms with van der Waals surface area (Å²) in [6.45, 7) is 1.29. The second-order valence-electron chi connectivity index (χ2n) is 6.00. The molecule has 0 radical (unpaired) electrons. The first-order chi connectivity index (χ1) is 13.0. The Labute approximate surface area is 167 Å². The number of anilines is 1. The zero-order valence-electron chi connectivity index (χ0n) is 15.0. The Balaban J connectivity index is 1.72. The summed E-state index contributed by atoms with van der Waals surface area (Å²) >= 11 is 12.2. The molecule has 6 nitrogen and oxygen atoms in total. The van der Waals surface area contributed by atoms with Crippen LogP contribution in [0.4, 0.5) is 10.5 Å². The number of nitrogens with one attached hydrogen (secondary N) is 1. The van der Waals surface area contributed by atoms with Crippen LogP contribution in [0.5, 0.6) is 11.5 Å². The number of halogens is 2. The Morgan fingerprint density at radius 3 is 2.56 bits per heavy atom. The number of amides is 2. The Hall–Kier alpha value is -2.15. The number of hydrogen-bond donors (Lipinski definition) is 1. The van der Waals surface area contributed by atoms with Gasteiger partial charge in [0.15, 0.2) is 0 Å². The van der Waals surface area contributed by atoms with Crippen LogP contribution in [0.25, 0.3) is 0 Å². The molecule has 1 fully saturated rings. The second kappa shape index (κ2) is 8.69. The average Bonchev–Trinajstić information content (AvgIpc) is 2.67. The number of rotatable bonds is 4. The summed E-state index contributed by atoms with van der Waals surface area (Å²) < 4.78 is 16.3. The van der Waals surface area contributed by atoms with Gasteiger partial charge < -0.3 is 24.4 Å². The number of morpholine rings is 1. The predicted octanol–water partition coefficient (Wildman–Crippen LogP) is 4.62. The molecule has 1 heterocycles. The van der Waals surface area contributed by atoms with E-state index in [-0.39, 0.29) is 12.1 Å². The van der Waals surface area contributed by atoms with Crippen LogP contribution >= 0.6 is 23.2 Å². The van der Waals surface area contributed by atoms with Crippen LogP contribution < -0.4 is 14.8 Å². The molecule has 3 rings (SSSR count). The molecule has 2 aromatic carbocycles. The number of urea groups is 1. The van der Waals surface area contributed by atoms with Crippen molar-refractivity contribution in [2.75, 3.05) is 39.2 Å². The first-order valence-electron chi connectivity index (χ1n) is 8.35. The fraction of sp³-hybridized carbons (Fsp3) is 0.316. The minimum atomic E-state index is -0.293. The SMILES string of the molecule is COc1ccc(NC(=O)N2CCOC(c3cc(Cl)cc(Cl)c3)C2)c(OC)c1. The summed E-state index contributed by atoms with van der Waals surface area (Å²) in [6.07, 6.45) is -0.293. The van der Waals surface area contributed by atoms with Gasteiger partial charge in [-0.05, 0) is 35.9 Å². The van der Waals surface area contributed by atoms with E-state index in [0.29, 0.717) is 46.9 Å². The van der Waals surface area contributed by atoms with Crippen LogP contribution in [0.3, 0.4) is 0 Å². The van der Waals surface area contributed by atoms with Gasteiger partial charge in [-0.2, -0.15) is 0 Å². The topological polar surface area (TPSA) is 60.0 Å². The monoisotopic (exact) mass is 410 g/mol. The van der Waals surface area contributed by atoms with Gasteiger partial charge in [-0.25, -0.2) is 4.79 Å². The molecule has 1 atom stereocenters. The van der Waals surface area contributed by atoms with Crippen LogP contribution in [-0.2, 0) is 4.74 Å². The molecule has 1 N–H and O–H groups in total. The van der Waals surface area contributed by atoms with Gasteiger partial charge in [-0.15, -0.1) is 0 Å². The lowest BCUT2D eigenvalue weighted by Gasteiger charge is -2.33. The fourth-order valence-corrected chi connectivity index (χ4v) is 3.44. The van der Waals surface area contributed by atoms with E-state index in [4.69, 9.17) is 37.4 Å². The predicted molar refractivity (Wildman–Crippen MR) is 105 cm³/mol. The summed E-state index contributed by atoms with van der Waals surface area (Å²) in [6, 6.07) is 10.2. The molecule has 0 spiro atoms. The zero-order valence-corrected chi connectivity index (χ0v) is 16.5. The lowest BCUT2D eigenvalue weighted by molar-refractivity contribution is -0.0135. The van der Waals surface area contributed by atoms with Crippen molar-refractivity contribution in [2.45, 2.75) is 6.10 Å². The Bertz CT molecular complexity index is 811. The molecule has 1 aliphatic heterocycles.